The summed E-state index contributed by atoms with van der Waals surface area (Å²) in [5.74, 6) is 2.93. The number of pyridine rings is 1. The van der Waals surface area contributed by atoms with Gasteiger partial charge in [0.15, 0.2) is 12.6 Å². The number of piperidine rings is 1. The van der Waals surface area contributed by atoms with Crippen molar-refractivity contribution < 1.29 is 32.9 Å². The first-order chi connectivity index (χ1) is 27.7. The third-order valence-corrected chi connectivity index (χ3v) is 19.2. The molecule has 14 heteroatoms. The van der Waals surface area contributed by atoms with Gasteiger partial charge in [0, 0.05) is 43.4 Å². The summed E-state index contributed by atoms with van der Waals surface area (Å²) in [6, 6.07) is 6.22. The summed E-state index contributed by atoms with van der Waals surface area (Å²) in [6.45, 7) is 15.3. The first kappa shape index (κ1) is 41.6. The minimum atomic E-state index is -2.30. The predicted molar refractivity (Wildman–Crippen MR) is 225 cm³/mol. The van der Waals surface area contributed by atoms with Crippen LogP contribution in [0.5, 0.6) is 11.8 Å². The molecule has 2 bridgehead atoms. The average Bonchev–Trinajstić information content (AvgIpc) is 3.46. The number of aromatic nitrogens is 3. The van der Waals surface area contributed by atoms with Crippen LogP contribution in [0.2, 0.25) is 16.6 Å². The topological polar surface area (TPSA) is 113 Å². The van der Waals surface area contributed by atoms with E-state index in [1.807, 2.05) is 4.90 Å². The number of carbonyl (C=O) groups is 1. The van der Waals surface area contributed by atoms with E-state index in [4.69, 9.17) is 29.2 Å². The minimum absolute atomic E-state index is 0.00116. The van der Waals surface area contributed by atoms with Gasteiger partial charge in [-0.05, 0) is 79.5 Å². The Morgan fingerprint density at radius 1 is 0.983 bits per heavy atom. The highest BCUT2D eigenvalue weighted by molar-refractivity contribution is 6.90. The maximum absolute atomic E-state index is 17.6. The van der Waals surface area contributed by atoms with Crippen molar-refractivity contribution in [2.75, 3.05) is 52.1 Å². The summed E-state index contributed by atoms with van der Waals surface area (Å²) in [4.78, 5) is 32.3. The highest BCUT2D eigenvalue weighted by Gasteiger charge is 2.44. The number of benzene rings is 2. The summed E-state index contributed by atoms with van der Waals surface area (Å²) < 4.78 is 51.2. The molecular formula is C44H56F2N6O5Si. The Morgan fingerprint density at radius 2 is 1.69 bits per heavy atom. The number of ether oxygens (including phenoxy) is 3. The number of fused-ring (bicyclic) bond motifs is 4. The first-order valence-corrected chi connectivity index (χ1v) is 22.8. The second kappa shape index (κ2) is 17.0. The van der Waals surface area contributed by atoms with Crippen molar-refractivity contribution in [1.29, 1.82) is 0 Å². The van der Waals surface area contributed by atoms with Gasteiger partial charge in [0.1, 0.15) is 43.3 Å². The number of nitrogens with zero attached hydrogens (tertiary/aromatic N) is 6. The number of methoxy groups -OCH3 is 1. The summed E-state index contributed by atoms with van der Waals surface area (Å²) >= 11 is 0. The van der Waals surface area contributed by atoms with Crippen molar-refractivity contribution >= 4 is 41.7 Å². The van der Waals surface area contributed by atoms with Crippen molar-refractivity contribution in [3.05, 3.63) is 47.7 Å². The Hall–Kier alpha value is -4.58. The molecule has 58 heavy (non-hydrogen) atoms. The maximum atomic E-state index is 17.6. The first-order valence-electron chi connectivity index (χ1n) is 20.6. The Balaban J connectivity index is 1.42. The molecule has 0 radical (unpaired) electrons. The highest BCUT2D eigenvalue weighted by Crippen LogP contribution is 2.43. The number of likely N-dealkylation sites (tertiary alicyclic amines) is 1. The summed E-state index contributed by atoms with van der Waals surface area (Å²) in [6.07, 6.45) is 5.26. The van der Waals surface area contributed by atoms with E-state index < -0.39 is 25.8 Å². The standard InChI is InChI=1S/C44H56F2N6O5Si/c1-26(2)58(27(3)4,28(5)6)18-16-34-37(45)15-12-29-19-33(57-25-55-8)20-35(38(29)34)40-39(46)41-36(21-47-40)42(51-22-30-13-14-31(23-51)52(30)44(53)54)49-43(48-41)56-24-32-11-9-10-17-50(32)7/h12,15,19-21,26-28,30-32H,9-11,13-14,17,22-25H2,1-8H3,(H,53,54)/t30-,31+,32-/m0/s1. The molecule has 3 saturated heterocycles. The number of likely N-dealkylation sites (N-methyl/N-ethyl adjacent to an activating group) is 1. The summed E-state index contributed by atoms with van der Waals surface area (Å²) in [5, 5.41) is 11.4. The van der Waals surface area contributed by atoms with Crippen LogP contribution in [0.15, 0.2) is 30.5 Å². The largest absolute Gasteiger partial charge is 0.468 e. The number of carboxylic acid groups (broad SMARTS) is 1. The molecule has 3 fully saturated rings. The number of hydrogen-bond donors (Lipinski definition) is 1. The van der Waals surface area contributed by atoms with Crippen molar-refractivity contribution in [2.45, 2.75) is 108 Å². The van der Waals surface area contributed by atoms with Crippen LogP contribution in [0.25, 0.3) is 32.9 Å². The van der Waals surface area contributed by atoms with Crippen molar-refractivity contribution in [1.82, 2.24) is 24.8 Å². The molecule has 11 nitrogen and oxygen atoms in total. The van der Waals surface area contributed by atoms with Crippen LogP contribution in [0.3, 0.4) is 0 Å². The fourth-order valence-corrected chi connectivity index (χ4v) is 15.2. The van der Waals surface area contributed by atoms with Crippen LogP contribution in [0.4, 0.5) is 19.4 Å². The van der Waals surface area contributed by atoms with Crippen LogP contribution in [-0.2, 0) is 4.74 Å². The summed E-state index contributed by atoms with van der Waals surface area (Å²) in [5.41, 5.74) is 5.06. The number of amides is 1. The Labute approximate surface area is 341 Å². The lowest BCUT2D eigenvalue weighted by Gasteiger charge is -2.40. The van der Waals surface area contributed by atoms with Gasteiger partial charge in [-0.2, -0.15) is 9.97 Å². The van der Waals surface area contributed by atoms with Crippen LogP contribution in [0, 0.1) is 23.1 Å². The van der Waals surface area contributed by atoms with E-state index in [1.54, 1.807) is 24.4 Å². The van der Waals surface area contributed by atoms with Gasteiger partial charge >= 0.3 is 12.1 Å². The van der Waals surface area contributed by atoms with Crippen molar-refractivity contribution in [2.24, 2.45) is 0 Å². The maximum Gasteiger partial charge on any atom is 0.407 e. The second-order valence-corrected chi connectivity index (χ2v) is 22.7. The molecule has 0 unspecified atom stereocenters. The molecule has 3 aliphatic heterocycles. The van der Waals surface area contributed by atoms with E-state index in [2.05, 4.69) is 65.0 Å². The number of piperazine rings is 1. The molecule has 4 aromatic rings. The fourth-order valence-electron chi connectivity index (χ4n) is 9.96. The molecular weight excluding hydrogens is 759 g/mol. The molecule has 3 aliphatic rings. The van der Waals surface area contributed by atoms with E-state index in [0.29, 0.717) is 69.6 Å². The van der Waals surface area contributed by atoms with Gasteiger partial charge in [0.05, 0.1) is 23.0 Å². The van der Waals surface area contributed by atoms with Gasteiger partial charge in [0.2, 0.25) is 0 Å². The Bertz CT molecular complexity index is 2210. The predicted octanol–water partition coefficient (Wildman–Crippen LogP) is 8.87. The minimum Gasteiger partial charge on any atom is -0.468 e. The SMILES string of the molecule is COCOc1cc(-c2ncc3c(N4C[C@H]5CC[C@@H](C4)N5C(=O)O)nc(OC[C@@H]4CCCCN4C)nc3c2F)c2c(C#C[Si](C(C)C)(C(C)C)C(C)C)c(F)ccc2c1. The normalized spacial score (nSPS) is 20.1. The number of hydrogen-bond acceptors (Lipinski definition) is 9. The van der Waals surface area contributed by atoms with Crippen molar-refractivity contribution in [3.8, 4) is 34.5 Å². The molecule has 0 spiro atoms. The number of halogens is 2. The van der Waals surface area contributed by atoms with E-state index in [9.17, 15) is 9.90 Å². The third kappa shape index (κ3) is 7.68. The van der Waals surface area contributed by atoms with E-state index >= 15 is 8.78 Å². The van der Waals surface area contributed by atoms with E-state index in [1.165, 1.54) is 18.1 Å². The van der Waals surface area contributed by atoms with E-state index in [0.717, 1.165) is 38.6 Å². The number of rotatable bonds is 11. The van der Waals surface area contributed by atoms with Crippen LogP contribution < -0.4 is 14.4 Å². The monoisotopic (exact) mass is 814 g/mol. The molecule has 2 aromatic carbocycles. The molecule has 0 aliphatic carbocycles. The highest BCUT2D eigenvalue weighted by atomic mass is 28.3. The quantitative estimate of drug-likeness (QED) is 0.0896. The molecule has 7 rings (SSSR count). The number of anilines is 1. The van der Waals surface area contributed by atoms with Crippen LogP contribution in [-0.4, -0.2) is 109 Å². The molecule has 0 saturated carbocycles. The molecule has 5 heterocycles. The van der Waals surface area contributed by atoms with Crippen molar-refractivity contribution in [3.63, 3.8) is 0 Å². The third-order valence-electron chi connectivity index (χ3n) is 12.9. The molecule has 1 N–H and O–H groups in total. The van der Waals surface area contributed by atoms with Gasteiger partial charge < -0.3 is 29.1 Å². The van der Waals surface area contributed by atoms with E-state index in [-0.39, 0.29) is 47.7 Å². The van der Waals surface area contributed by atoms with Crippen LogP contribution >= 0.6 is 0 Å². The van der Waals surface area contributed by atoms with Gasteiger partial charge in [0.25, 0.3) is 0 Å². The molecule has 2 aromatic heterocycles. The van der Waals surface area contributed by atoms with Gasteiger partial charge in [-0.25, -0.2) is 13.6 Å². The molecule has 310 valence electrons. The van der Waals surface area contributed by atoms with Crippen LogP contribution in [0.1, 0.15) is 79.2 Å². The zero-order valence-corrected chi connectivity index (χ0v) is 35.9. The Kier molecular flexibility index (Phi) is 12.1. The lowest BCUT2D eigenvalue weighted by atomic mass is 9.95. The lowest BCUT2D eigenvalue weighted by molar-refractivity contribution is 0.0512. The zero-order valence-electron chi connectivity index (χ0n) is 34.9. The van der Waals surface area contributed by atoms with Gasteiger partial charge in [-0.15, -0.1) is 5.54 Å². The lowest BCUT2D eigenvalue weighted by Crippen LogP contribution is -2.55. The molecule has 3 atom stereocenters. The van der Waals surface area contributed by atoms with Gasteiger partial charge in [-0.3, -0.25) is 9.88 Å². The smallest absolute Gasteiger partial charge is 0.407 e. The average molecular weight is 815 g/mol. The van der Waals surface area contributed by atoms with Gasteiger partial charge in [-0.1, -0.05) is 60.0 Å². The summed E-state index contributed by atoms with van der Waals surface area (Å²) in [7, 11) is 1.29. The zero-order chi connectivity index (χ0) is 41.5. The fraction of sp³-hybridized carbons (Fsp3) is 0.545. The molecule has 1 amide bonds. The Morgan fingerprint density at radius 3 is 2.33 bits per heavy atom. The second-order valence-electron chi connectivity index (χ2n) is 17.1.